The third kappa shape index (κ3) is 3.23. The first-order valence-electron chi connectivity index (χ1n) is 7.71. The zero-order valence-corrected chi connectivity index (χ0v) is 11.9. The highest BCUT2D eigenvalue weighted by atomic mass is 15.2. The second kappa shape index (κ2) is 6.19. The van der Waals surface area contributed by atoms with Gasteiger partial charge in [-0.25, -0.2) is 0 Å². The van der Waals surface area contributed by atoms with Crippen LogP contribution >= 0.6 is 0 Å². The standard InChI is InChI=1S/C15H30N2/c1-4-16-13-7-5-8-14(11-13)17-10-6-9-15(17)12(2)3/h12-16H,4-11H2,1-3H3. The average Bonchev–Trinajstić information content (AvgIpc) is 2.79. The molecule has 1 saturated carbocycles. The lowest BCUT2D eigenvalue weighted by molar-refractivity contribution is 0.104. The van der Waals surface area contributed by atoms with Gasteiger partial charge in [0.05, 0.1) is 0 Å². The Labute approximate surface area is 107 Å². The summed E-state index contributed by atoms with van der Waals surface area (Å²) >= 11 is 0. The first-order valence-corrected chi connectivity index (χ1v) is 7.71. The maximum absolute atomic E-state index is 3.66. The highest BCUT2D eigenvalue weighted by Gasteiger charge is 2.34. The number of likely N-dealkylation sites (tertiary alicyclic amines) is 1. The van der Waals surface area contributed by atoms with E-state index in [2.05, 4.69) is 31.0 Å². The van der Waals surface area contributed by atoms with Crippen molar-refractivity contribution in [2.75, 3.05) is 13.1 Å². The Morgan fingerprint density at radius 3 is 2.71 bits per heavy atom. The largest absolute Gasteiger partial charge is 0.314 e. The fourth-order valence-corrected chi connectivity index (χ4v) is 3.92. The Morgan fingerprint density at radius 1 is 1.18 bits per heavy atom. The Kier molecular flexibility index (Phi) is 4.87. The maximum Gasteiger partial charge on any atom is 0.0122 e. The van der Waals surface area contributed by atoms with E-state index in [1.807, 2.05) is 0 Å². The van der Waals surface area contributed by atoms with Crippen molar-refractivity contribution in [2.24, 2.45) is 5.92 Å². The van der Waals surface area contributed by atoms with Gasteiger partial charge in [0, 0.05) is 18.1 Å². The topological polar surface area (TPSA) is 15.3 Å². The van der Waals surface area contributed by atoms with E-state index >= 15 is 0 Å². The van der Waals surface area contributed by atoms with Crippen LogP contribution in [0.2, 0.25) is 0 Å². The van der Waals surface area contributed by atoms with Crippen LogP contribution in [0.3, 0.4) is 0 Å². The number of hydrogen-bond acceptors (Lipinski definition) is 2. The predicted molar refractivity (Wildman–Crippen MR) is 74.3 cm³/mol. The molecule has 1 saturated heterocycles. The highest BCUT2D eigenvalue weighted by Crippen LogP contribution is 2.32. The molecule has 3 atom stereocenters. The molecule has 3 unspecified atom stereocenters. The van der Waals surface area contributed by atoms with Gasteiger partial charge in [0.15, 0.2) is 0 Å². The summed E-state index contributed by atoms with van der Waals surface area (Å²) in [7, 11) is 0. The zero-order valence-electron chi connectivity index (χ0n) is 11.9. The van der Waals surface area contributed by atoms with E-state index in [0.717, 1.165) is 30.6 Å². The summed E-state index contributed by atoms with van der Waals surface area (Å²) in [6.07, 6.45) is 8.49. The molecule has 0 spiro atoms. The summed E-state index contributed by atoms with van der Waals surface area (Å²) in [6.45, 7) is 9.51. The minimum absolute atomic E-state index is 0.784. The fraction of sp³-hybridized carbons (Fsp3) is 1.00. The van der Waals surface area contributed by atoms with E-state index in [1.165, 1.54) is 45.1 Å². The van der Waals surface area contributed by atoms with Crippen LogP contribution in [0.25, 0.3) is 0 Å². The zero-order chi connectivity index (χ0) is 12.3. The van der Waals surface area contributed by atoms with E-state index < -0.39 is 0 Å². The predicted octanol–water partition coefficient (Wildman–Crippen LogP) is 3.03. The molecule has 1 N–H and O–H groups in total. The number of rotatable bonds is 4. The highest BCUT2D eigenvalue weighted by molar-refractivity contribution is 4.91. The summed E-state index contributed by atoms with van der Waals surface area (Å²) in [5.74, 6) is 0.831. The minimum atomic E-state index is 0.784. The lowest BCUT2D eigenvalue weighted by Crippen LogP contribution is -2.47. The lowest BCUT2D eigenvalue weighted by Gasteiger charge is -2.40. The first-order chi connectivity index (χ1) is 8.22. The van der Waals surface area contributed by atoms with E-state index in [1.54, 1.807) is 0 Å². The third-order valence-electron chi connectivity index (χ3n) is 4.72. The molecule has 2 aliphatic rings. The van der Waals surface area contributed by atoms with E-state index in [4.69, 9.17) is 0 Å². The number of nitrogens with one attached hydrogen (secondary N) is 1. The Morgan fingerprint density at radius 2 is 2.00 bits per heavy atom. The summed E-state index contributed by atoms with van der Waals surface area (Å²) in [6, 6.07) is 2.51. The molecule has 0 aromatic rings. The van der Waals surface area contributed by atoms with E-state index in [-0.39, 0.29) is 0 Å². The minimum Gasteiger partial charge on any atom is -0.314 e. The molecule has 2 fully saturated rings. The molecule has 17 heavy (non-hydrogen) atoms. The van der Waals surface area contributed by atoms with Crippen molar-refractivity contribution >= 4 is 0 Å². The van der Waals surface area contributed by atoms with Gasteiger partial charge in [-0.1, -0.05) is 27.2 Å². The molecule has 100 valence electrons. The molecule has 2 rings (SSSR count). The van der Waals surface area contributed by atoms with Gasteiger partial charge in [-0.2, -0.15) is 0 Å². The molecule has 2 heteroatoms. The Balaban J connectivity index is 1.92. The molecule has 2 nitrogen and oxygen atoms in total. The van der Waals surface area contributed by atoms with Gasteiger partial charge in [-0.15, -0.1) is 0 Å². The second-order valence-electron chi connectivity index (χ2n) is 6.27. The molecule has 0 bridgehead atoms. The molecule has 0 amide bonds. The van der Waals surface area contributed by atoms with Crippen molar-refractivity contribution in [3.8, 4) is 0 Å². The molecule has 1 heterocycles. The van der Waals surface area contributed by atoms with Gasteiger partial charge < -0.3 is 5.32 Å². The van der Waals surface area contributed by atoms with Crippen molar-refractivity contribution in [3.63, 3.8) is 0 Å². The van der Waals surface area contributed by atoms with Gasteiger partial charge in [0.2, 0.25) is 0 Å². The number of nitrogens with zero attached hydrogens (tertiary/aromatic N) is 1. The SMILES string of the molecule is CCNC1CCCC(N2CCCC2C(C)C)C1. The van der Waals surface area contributed by atoms with Crippen molar-refractivity contribution in [1.82, 2.24) is 10.2 Å². The summed E-state index contributed by atoms with van der Waals surface area (Å²) in [4.78, 5) is 2.84. The van der Waals surface area contributed by atoms with Crippen molar-refractivity contribution in [1.29, 1.82) is 0 Å². The second-order valence-corrected chi connectivity index (χ2v) is 6.27. The van der Waals surface area contributed by atoms with Crippen LogP contribution in [-0.4, -0.2) is 36.1 Å². The third-order valence-corrected chi connectivity index (χ3v) is 4.72. The van der Waals surface area contributed by atoms with Crippen LogP contribution in [-0.2, 0) is 0 Å². The molecule has 1 aliphatic heterocycles. The summed E-state index contributed by atoms with van der Waals surface area (Å²) in [5, 5.41) is 3.66. The van der Waals surface area contributed by atoms with Crippen molar-refractivity contribution in [2.45, 2.75) is 77.4 Å². The first kappa shape index (κ1) is 13.4. The van der Waals surface area contributed by atoms with Crippen molar-refractivity contribution in [3.05, 3.63) is 0 Å². The molecule has 1 aliphatic carbocycles. The monoisotopic (exact) mass is 238 g/mol. The normalized spacial score (nSPS) is 35.6. The maximum atomic E-state index is 3.66. The van der Waals surface area contributed by atoms with Gasteiger partial charge in [-0.3, -0.25) is 4.90 Å². The van der Waals surface area contributed by atoms with Gasteiger partial charge in [-0.05, 0) is 51.1 Å². The molecular weight excluding hydrogens is 208 g/mol. The van der Waals surface area contributed by atoms with Crippen LogP contribution in [0, 0.1) is 5.92 Å². The van der Waals surface area contributed by atoms with Crippen LogP contribution in [0.4, 0.5) is 0 Å². The van der Waals surface area contributed by atoms with E-state index in [9.17, 15) is 0 Å². The fourth-order valence-electron chi connectivity index (χ4n) is 3.92. The molecule has 0 radical (unpaired) electrons. The van der Waals surface area contributed by atoms with Crippen LogP contribution in [0.15, 0.2) is 0 Å². The van der Waals surface area contributed by atoms with Crippen LogP contribution in [0.1, 0.15) is 59.3 Å². The van der Waals surface area contributed by atoms with Gasteiger partial charge in [0.25, 0.3) is 0 Å². The van der Waals surface area contributed by atoms with Crippen molar-refractivity contribution < 1.29 is 0 Å². The molecule has 0 aromatic carbocycles. The van der Waals surface area contributed by atoms with Crippen LogP contribution in [0.5, 0.6) is 0 Å². The molecular formula is C15H30N2. The van der Waals surface area contributed by atoms with Crippen LogP contribution < -0.4 is 5.32 Å². The lowest BCUT2D eigenvalue weighted by atomic mass is 9.88. The van der Waals surface area contributed by atoms with Gasteiger partial charge >= 0.3 is 0 Å². The Hall–Kier alpha value is -0.0800. The average molecular weight is 238 g/mol. The summed E-state index contributed by atoms with van der Waals surface area (Å²) in [5.41, 5.74) is 0. The summed E-state index contributed by atoms with van der Waals surface area (Å²) < 4.78 is 0. The Bertz CT molecular complexity index is 225. The molecule has 0 aromatic heterocycles. The number of hydrogen-bond donors (Lipinski definition) is 1. The smallest absolute Gasteiger partial charge is 0.0122 e. The van der Waals surface area contributed by atoms with Gasteiger partial charge in [0.1, 0.15) is 0 Å². The van der Waals surface area contributed by atoms with E-state index in [0.29, 0.717) is 0 Å². The quantitative estimate of drug-likeness (QED) is 0.810.